The van der Waals surface area contributed by atoms with Crippen LogP contribution in [0.4, 0.5) is 0 Å². The summed E-state index contributed by atoms with van der Waals surface area (Å²) >= 11 is 0. The third kappa shape index (κ3) is 1.93. The fraction of sp³-hybridized carbons (Fsp3) is 1.00. The zero-order chi connectivity index (χ0) is 10.2. The topological polar surface area (TPSA) is 0 Å². The van der Waals surface area contributed by atoms with Crippen molar-refractivity contribution in [2.75, 3.05) is 0 Å². The van der Waals surface area contributed by atoms with E-state index in [1.54, 1.807) is 0 Å². The molecule has 0 fully saturated rings. The Bertz CT molecular complexity index is 132. The summed E-state index contributed by atoms with van der Waals surface area (Å²) in [6, 6.07) is 0. The van der Waals surface area contributed by atoms with Gasteiger partial charge in [0.05, 0.1) is 8.07 Å². The van der Waals surface area contributed by atoms with Gasteiger partial charge in [-0.25, -0.2) is 0 Å². The van der Waals surface area contributed by atoms with Gasteiger partial charge in [0.2, 0.25) is 0 Å². The molecule has 0 heterocycles. The largest absolute Gasteiger partial charge is 0.0691 e. The van der Waals surface area contributed by atoms with E-state index in [0.29, 0.717) is 5.04 Å². The Hall–Kier alpha value is 0.217. The van der Waals surface area contributed by atoms with E-state index in [1.165, 1.54) is 0 Å². The van der Waals surface area contributed by atoms with Crippen LogP contribution in [-0.4, -0.2) is 8.07 Å². The van der Waals surface area contributed by atoms with Gasteiger partial charge in [-0.1, -0.05) is 54.3 Å². The fourth-order valence-corrected chi connectivity index (χ4v) is 5.86. The van der Waals surface area contributed by atoms with Crippen molar-refractivity contribution in [3.63, 3.8) is 0 Å². The third-order valence-electron chi connectivity index (χ3n) is 4.01. The molecule has 0 bridgehead atoms. The molecule has 0 aromatic rings. The summed E-state index contributed by atoms with van der Waals surface area (Å²) in [7, 11) is -1.04. The molecule has 1 heteroatoms. The van der Waals surface area contributed by atoms with Crippen molar-refractivity contribution in [2.24, 2.45) is 11.8 Å². The first-order valence-corrected chi connectivity index (χ1v) is 8.64. The van der Waals surface area contributed by atoms with Crippen LogP contribution in [0.2, 0.25) is 24.7 Å². The lowest BCUT2D eigenvalue weighted by Crippen LogP contribution is -2.44. The standard InChI is InChI=1S/C11H26Si/c1-9(2)11(5,10(3)4)12(6,7)8/h9-10H,1-8H3. The smallest absolute Gasteiger partial charge is 0.0508 e. The number of hydrogen-bond acceptors (Lipinski definition) is 0. The highest BCUT2D eigenvalue weighted by molar-refractivity contribution is 6.79. The van der Waals surface area contributed by atoms with Gasteiger partial charge in [-0.15, -0.1) is 0 Å². The first-order valence-electron chi connectivity index (χ1n) is 5.14. The van der Waals surface area contributed by atoms with Gasteiger partial charge >= 0.3 is 0 Å². The van der Waals surface area contributed by atoms with E-state index >= 15 is 0 Å². The zero-order valence-electron chi connectivity index (χ0n) is 10.2. The molecule has 12 heavy (non-hydrogen) atoms. The SMILES string of the molecule is CC(C)C(C)(C(C)C)[Si](C)(C)C. The predicted octanol–water partition coefficient (Wildman–Crippen LogP) is 4.40. The van der Waals surface area contributed by atoms with Crippen LogP contribution >= 0.6 is 0 Å². The Kier molecular flexibility index (Phi) is 3.59. The monoisotopic (exact) mass is 186 g/mol. The van der Waals surface area contributed by atoms with Crippen LogP contribution < -0.4 is 0 Å². The molecule has 0 nitrogen and oxygen atoms in total. The molecule has 0 saturated carbocycles. The molecule has 0 unspecified atom stereocenters. The molecule has 0 amide bonds. The minimum atomic E-state index is -1.04. The highest BCUT2D eigenvalue weighted by atomic mass is 28.3. The van der Waals surface area contributed by atoms with Crippen LogP contribution in [-0.2, 0) is 0 Å². The lowest BCUT2D eigenvalue weighted by Gasteiger charge is -2.47. The lowest BCUT2D eigenvalue weighted by atomic mass is 9.86. The molecule has 0 aliphatic rings. The molecule has 74 valence electrons. The summed E-state index contributed by atoms with van der Waals surface area (Å²) in [6.07, 6.45) is 0. The maximum Gasteiger partial charge on any atom is 0.0508 e. The first kappa shape index (κ1) is 12.2. The molecular formula is C11H26Si. The first-order chi connectivity index (χ1) is 5.14. The van der Waals surface area contributed by atoms with Crippen LogP contribution in [0.3, 0.4) is 0 Å². The van der Waals surface area contributed by atoms with Gasteiger partial charge in [0, 0.05) is 0 Å². The second-order valence-electron chi connectivity index (χ2n) is 5.84. The molecule has 0 aliphatic carbocycles. The molecular weight excluding hydrogens is 160 g/mol. The lowest BCUT2D eigenvalue weighted by molar-refractivity contribution is 0.323. The molecule has 0 rings (SSSR count). The Morgan fingerprint density at radius 2 is 1.08 bits per heavy atom. The van der Waals surface area contributed by atoms with Crippen LogP contribution in [0.25, 0.3) is 0 Å². The highest BCUT2D eigenvalue weighted by Crippen LogP contribution is 2.50. The van der Waals surface area contributed by atoms with Crippen LogP contribution in [0.15, 0.2) is 0 Å². The van der Waals surface area contributed by atoms with E-state index in [0.717, 1.165) is 11.8 Å². The summed E-state index contributed by atoms with van der Waals surface area (Å²) in [5.41, 5.74) is 0. The Balaban J connectivity index is 4.89. The summed E-state index contributed by atoms with van der Waals surface area (Å²) < 4.78 is 0. The molecule has 0 aromatic heterocycles. The number of hydrogen-bond donors (Lipinski definition) is 0. The summed E-state index contributed by atoms with van der Waals surface area (Å²) in [6.45, 7) is 19.5. The van der Waals surface area contributed by atoms with Gasteiger partial charge in [-0.05, 0) is 16.9 Å². The molecule has 0 saturated heterocycles. The van der Waals surface area contributed by atoms with Gasteiger partial charge in [-0.2, -0.15) is 0 Å². The minimum absolute atomic E-state index is 0.576. The van der Waals surface area contributed by atoms with Crippen molar-refractivity contribution in [1.29, 1.82) is 0 Å². The molecule has 0 radical (unpaired) electrons. The van der Waals surface area contributed by atoms with Gasteiger partial charge in [0.1, 0.15) is 0 Å². The van der Waals surface area contributed by atoms with Gasteiger partial charge in [0.15, 0.2) is 0 Å². The van der Waals surface area contributed by atoms with Crippen molar-refractivity contribution in [1.82, 2.24) is 0 Å². The molecule has 0 N–H and O–H groups in total. The molecule has 0 spiro atoms. The van der Waals surface area contributed by atoms with E-state index in [2.05, 4.69) is 54.3 Å². The second kappa shape index (κ2) is 3.53. The maximum absolute atomic E-state index is 2.49. The average molecular weight is 186 g/mol. The Labute approximate surface area is 79.8 Å². The predicted molar refractivity (Wildman–Crippen MR) is 61.4 cm³/mol. The maximum atomic E-state index is 2.49. The Morgan fingerprint density at radius 1 is 0.833 bits per heavy atom. The average Bonchev–Trinajstić information content (AvgIpc) is 1.82. The van der Waals surface area contributed by atoms with Gasteiger partial charge in [-0.3, -0.25) is 0 Å². The van der Waals surface area contributed by atoms with Crippen molar-refractivity contribution < 1.29 is 0 Å². The normalized spacial score (nSPS) is 14.5. The van der Waals surface area contributed by atoms with E-state index in [4.69, 9.17) is 0 Å². The van der Waals surface area contributed by atoms with E-state index in [1.807, 2.05) is 0 Å². The highest BCUT2D eigenvalue weighted by Gasteiger charge is 2.43. The second-order valence-corrected chi connectivity index (χ2v) is 11.4. The van der Waals surface area contributed by atoms with E-state index in [-0.39, 0.29) is 0 Å². The van der Waals surface area contributed by atoms with Gasteiger partial charge in [0.25, 0.3) is 0 Å². The van der Waals surface area contributed by atoms with E-state index < -0.39 is 8.07 Å². The van der Waals surface area contributed by atoms with Crippen LogP contribution in [0.1, 0.15) is 34.6 Å². The minimum Gasteiger partial charge on any atom is -0.0691 e. The Morgan fingerprint density at radius 3 is 1.08 bits per heavy atom. The summed E-state index contributed by atoms with van der Waals surface area (Å²) in [5.74, 6) is 1.62. The number of rotatable bonds is 3. The molecule has 0 atom stereocenters. The van der Waals surface area contributed by atoms with Crippen molar-refractivity contribution >= 4 is 8.07 Å². The van der Waals surface area contributed by atoms with Crippen molar-refractivity contribution in [3.8, 4) is 0 Å². The van der Waals surface area contributed by atoms with Crippen LogP contribution in [0.5, 0.6) is 0 Å². The van der Waals surface area contributed by atoms with Crippen LogP contribution in [0, 0.1) is 11.8 Å². The van der Waals surface area contributed by atoms with Crippen molar-refractivity contribution in [3.05, 3.63) is 0 Å². The third-order valence-corrected chi connectivity index (χ3v) is 8.40. The fourth-order valence-electron chi connectivity index (χ4n) is 2.40. The summed E-state index contributed by atoms with van der Waals surface area (Å²) in [5, 5.41) is 0.576. The van der Waals surface area contributed by atoms with E-state index in [9.17, 15) is 0 Å². The molecule has 0 aromatic carbocycles. The zero-order valence-corrected chi connectivity index (χ0v) is 11.2. The van der Waals surface area contributed by atoms with Gasteiger partial charge < -0.3 is 0 Å². The summed E-state index contributed by atoms with van der Waals surface area (Å²) in [4.78, 5) is 0. The molecule has 0 aliphatic heterocycles. The van der Waals surface area contributed by atoms with Crippen molar-refractivity contribution in [2.45, 2.75) is 59.3 Å². The quantitative estimate of drug-likeness (QED) is 0.573.